The highest BCUT2D eigenvalue weighted by molar-refractivity contribution is 6.04. The van der Waals surface area contributed by atoms with Gasteiger partial charge in [0.2, 0.25) is 5.91 Å². The van der Waals surface area contributed by atoms with Crippen LogP contribution in [0, 0.1) is 0 Å². The number of carbonyl (C=O) groups is 5. The minimum absolute atomic E-state index is 0.0103. The molecule has 17 heteroatoms. The molecule has 3 aromatic heterocycles. The van der Waals surface area contributed by atoms with Crippen molar-refractivity contribution in [2.75, 3.05) is 18.4 Å². The number of halogens is 3. The first-order valence-electron chi connectivity index (χ1n) is 19.0. The maximum Gasteiger partial charge on any atom is 0.433 e. The number of pyridine rings is 2. The van der Waals surface area contributed by atoms with Crippen molar-refractivity contribution in [1.82, 2.24) is 29.9 Å². The van der Waals surface area contributed by atoms with E-state index >= 15 is 0 Å². The maximum atomic E-state index is 13.8. The van der Waals surface area contributed by atoms with Gasteiger partial charge in [0, 0.05) is 68.0 Å². The lowest BCUT2D eigenvalue weighted by Crippen LogP contribution is -2.46. The lowest BCUT2D eigenvalue weighted by atomic mass is 9.93. The van der Waals surface area contributed by atoms with E-state index in [2.05, 4.69) is 20.9 Å². The topological polar surface area (TPSA) is 173 Å². The van der Waals surface area contributed by atoms with E-state index in [9.17, 15) is 37.1 Å². The number of carbonyl (C=O) groups excluding carboxylic acids is 5. The maximum absolute atomic E-state index is 13.8. The zero-order valence-electron chi connectivity index (χ0n) is 32.0. The summed E-state index contributed by atoms with van der Waals surface area (Å²) in [5.74, 6) is -1.52. The number of rotatable bonds is 11. The van der Waals surface area contributed by atoms with Crippen LogP contribution in [0.5, 0.6) is 11.5 Å². The van der Waals surface area contributed by atoms with Crippen molar-refractivity contribution in [2.24, 2.45) is 0 Å². The fourth-order valence-electron chi connectivity index (χ4n) is 6.93. The van der Waals surface area contributed by atoms with Crippen molar-refractivity contribution >= 4 is 40.9 Å². The van der Waals surface area contributed by atoms with Crippen molar-refractivity contribution in [2.45, 2.75) is 70.4 Å². The highest BCUT2D eigenvalue weighted by Gasteiger charge is 2.33. The minimum Gasteiger partial charge on any atom is -0.489 e. The predicted octanol–water partition coefficient (Wildman–Crippen LogP) is 5.92. The first kappa shape index (κ1) is 40.4. The number of imidazole rings is 1. The predicted molar refractivity (Wildman–Crippen MR) is 207 cm³/mol. The quantitative estimate of drug-likeness (QED) is 0.137. The van der Waals surface area contributed by atoms with Gasteiger partial charge in [0.25, 0.3) is 23.6 Å². The molecule has 0 bridgehead atoms. The van der Waals surface area contributed by atoms with E-state index in [-0.39, 0.29) is 60.6 Å². The molecule has 0 aliphatic carbocycles. The van der Waals surface area contributed by atoms with E-state index in [1.807, 2.05) is 6.20 Å². The van der Waals surface area contributed by atoms with Crippen LogP contribution < -0.4 is 25.4 Å². The molecule has 2 saturated heterocycles. The number of likely N-dealkylation sites (tertiary alicyclic amines) is 1. The molecule has 1 atom stereocenters. The normalized spacial score (nSPS) is 16.2. The first-order chi connectivity index (χ1) is 28.2. The number of hydrogen-bond acceptors (Lipinski definition) is 9. The van der Waals surface area contributed by atoms with Crippen LogP contribution in [0.1, 0.15) is 93.6 Å². The summed E-state index contributed by atoms with van der Waals surface area (Å²) in [5, 5.41) is 7.75. The Hall–Kier alpha value is -6.78. The van der Waals surface area contributed by atoms with Crippen molar-refractivity contribution in [3.63, 3.8) is 0 Å². The second-order valence-corrected chi connectivity index (χ2v) is 14.5. The number of aromatic nitrogens is 3. The van der Waals surface area contributed by atoms with Gasteiger partial charge in [-0.05, 0) is 74.7 Å². The van der Waals surface area contributed by atoms with Crippen LogP contribution >= 0.6 is 0 Å². The molecule has 7 rings (SSSR count). The van der Waals surface area contributed by atoms with Crippen molar-refractivity contribution in [1.29, 1.82) is 0 Å². The molecule has 14 nitrogen and oxygen atoms in total. The molecule has 1 unspecified atom stereocenters. The zero-order chi connectivity index (χ0) is 41.8. The van der Waals surface area contributed by atoms with Gasteiger partial charge in [0.05, 0.1) is 11.8 Å². The third kappa shape index (κ3) is 9.51. The van der Waals surface area contributed by atoms with Gasteiger partial charge in [0.1, 0.15) is 34.2 Å². The molecule has 2 aliphatic heterocycles. The van der Waals surface area contributed by atoms with Crippen LogP contribution in [0.3, 0.4) is 0 Å². The number of hydrogen-bond donors (Lipinski definition) is 3. The Morgan fingerprint density at radius 3 is 2.37 bits per heavy atom. The highest BCUT2D eigenvalue weighted by Crippen LogP contribution is 2.33. The van der Waals surface area contributed by atoms with Gasteiger partial charge in [-0.25, -0.2) is 9.97 Å². The van der Waals surface area contributed by atoms with Gasteiger partial charge in [-0.2, -0.15) is 13.2 Å². The molecule has 59 heavy (non-hydrogen) atoms. The number of anilines is 1. The lowest BCUT2D eigenvalue weighted by molar-refractivity contribution is -0.141. The molecule has 5 heterocycles. The monoisotopic (exact) mass is 811 g/mol. The summed E-state index contributed by atoms with van der Waals surface area (Å²) in [6, 6.07) is 18.1. The SMILES string of the molecule is CC(C)Oc1cc2nc(C3CCN(C(=O)c4ccccc4CNC(=O)c4ccc(OC5CCC(=O)NC5=O)cc4)CC3)cn2cc1NC(=O)c1cccc(C(F)(F)F)n1. The number of piperidine rings is 2. The Bertz CT molecular complexity index is 2410. The van der Waals surface area contributed by atoms with E-state index in [0.717, 1.165) is 17.8 Å². The van der Waals surface area contributed by atoms with Crippen LogP contribution in [-0.4, -0.2) is 74.1 Å². The average molecular weight is 812 g/mol. The number of nitrogens with zero attached hydrogens (tertiary/aromatic N) is 4. The summed E-state index contributed by atoms with van der Waals surface area (Å²) < 4.78 is 53.1. The molecular formula is C42H40F3N7O7. The minimum atomic E-state index is -4.71. The molecule has 2 aliphatic rings. The third-order valence-electron chi connectivity index (χ3n) is 9.93. The fourth-order valence-corrected chi connectivity index (χ4v) is 6.93. The largest absolute Gasteiger partial charge is 0.489 e. The summed E-state index contributed by atoms with van der Waals surface area (Å²) >= 11 is 0. The van der Waals surface area contributed by atoms with E-state index in [4.69, 9.17) is 14.5 Å². The lowest BCUT2D eigenvalue weighted by Gasteiger charge is -2.31. The standard InChI is InChI=1S/C42H40F3N7O7/c1-24(2)58-34-20-36-48-31(22-52(36)23-32(34)49-39(55)30-8-5-9-35(47-30)42(43,44)45)25-16-18-51(19-17-25)41(57)29-7-4-3-6-27(29)21-46-38(54)26-10-12-28(13-11-26)59-33-14-15-37(53)50-40(33)56/h3-13,20,22-25,33H,14-19,21H2,1-2H3,(H,46,54)(H,49,55)(H,50,53,56). The number of nitrogens with one attached hydrogen (secondary N) is 3. The summed E-state index contributed by atoms with van der Waals surface area (Å²) in [5.41, 5.74) is 1.43. The summed E-state index contributed by atoms with van der Waals surface area (Å²) in [7, 11) is 0. The van der Waals surface area contributed by atoms with E-state index in [1.165, 1.54) is 6.07 Å². The molecule has 5 amide bonds. The van der Waals surface area contributed by atoms with Crippen LogP contribution in [0.25, 0.3) is 5.65 Å². The number of amides is 5. The Balaban J connectivity index is 0.970. The van der Waals surface area contributed by atoms with E-state index in [0.29, 0.717) is 54.0 Å². The van der Waals surface area contributed by atoms with Crippen molar-refractivity contribution in [3.05, 3.63) is 119 Å². The summed E-state index contributed by atoms with van der Waals surface area (Å²) in [4.78, 5) is 73.4. The molecule has 0 radical (unpaired) electrons. The Labute approximate surface area is 336 Å². The number of imide groups is 1. The second kappa shape index (κ2) is 17.0. The van der Waals surface area contributed by atoms with Gasteiger partial charge < -0.3 is 29.4 Å². The summed E-state index contributed by atoms with van der Waals surface area (Å²) in [6.07, 6.45) is -0.670. The molecule has 0 spiro atoms. The van der Waals surface area contributed by atoms with E-state index < -0.39 is 35.5 Å². The van der Waals surface area contributed by atoms with Crippen LogP contribution in [0.2, 0.25) is 0 Å². The number of ether oxygens (including phenoxy) is 2. The van der Waals surface area contributed by atoms with Crippen LogP contribution in [-0.2, 0) is 22.3 Å². The fraction of sp³-hybridized carbons (Fsp3) is 0.310. The Morgan fingerprint density at radius 1 is 0.915 bits per heavy atom. The third-order valence-corrected chi connectivity index (χ3v) is 9.93. The number of alkyl halides is 3. The first-order valence-corrected chi connectivity index (χ1v) is 19.0. The van der Waals surface area contributed by atoms with Gasteiger partial charge in [0.15, 0.2) is 6.10 Å². The number of benzene rings is 2. The second-order valence-electron chi connectivity index (χ2n) is 14.5. The zero-order valence-corrected chi connectivity index (χ0v) is 32.0. The average Bonchev–Trinajstić information content (AvgIpc) is 3.63. The van der Waals surface area contributed by atoms with Gasteiger partial charge in [-0.15, -0.1) is 0 Å². The molecule has 0 saturated carbocycles. The van der Waals surface area contributed by atoms with Crippen LogP contribution in [0.4, 0.5) is 18.9 Å². The highest BCUT2D eigenvalue weighted by atomic mass is 19.4. The Morgan fingerprint density at radius 2 is 1.66 bits per heavy atom. The smallest absolute Gasteiger partial charge is 0.433 e. The van der Waals surface area contributed by atoms with Crippen LogP contribution in [0.15, 0.2) is 85.2 Å². The molecular weight excluding hydrogens is 771 g/mol. The molecule has 2 fully saturated rings. The molecule has 306 valence electrons. The van der Waals surface area contributed by atoms with Crippen molar-refractivity contribution in [3.8, 4) is 11.5 Å². The molecule has 2 aromatic carbocycles. The van der Waals surface area contributed by atoms with Gasteiger partial charge in [-0.3, -0.25) is 29.3 Å². The van der Waals surface area contributed by atoms with Crippen molar-refractivity contribution < 1.29 is 46.6 Å². The Kier molecular flexibility index (Phi) is 11.6. The molecule has 3 N–H and O–H groups in total. The summed E-state index contributed by atoms with van der Waals surface area (Å²) in [6.45, 7) is 4.62. The van der Waals surface area contributed by atoms with Gasteiger partial charge in [-0.1, -0.05) is 24.3 Å². The number of fused-ring (bicyclic) bond motifs is 1. The van der Waals surface area contributed by atoms with E-state index in [1.54, 1.807) is 83.9 Å². The molecule has 5 aromatic rings. The van der Waals surface area contributed by atoms with Gasteiger partial charge >= 0.3 is 6.18 Å².